The van der Waals surface area contributed by atoms with Crippen molar-refractivity contribution in [1.29, 1.82) is 0 Å². The summed E-state index contributed by atoms with van der Waals surface area (Å²) in [6, 6.07) is 1.29. The van der Waals surface area contributed by atoms with Gasteiger partial charge in [-0.05, 0) is 45.7 Å². The van der Waals surface area contributed by atoms with Gasteiger partial charge in [-0.2, -0.15) is 0 Å². The first-order chi connectivity index (χ1) is 6.65. The number of piperidine rings is 1. The third-order valence-corrected chi connectivity index (χ3v) is 3.51. The van der Waals surface area contributed by atoms with Crippen molar-refractivity contribution < 1.29 is 0 Å². The molecule has 0 bridgehead atoms. The molecule has 1 fully saturated rings. The van der Waals surface area contributed by atoms with Crippen molar-refractivity contribution >= 4 is 0 Å². The highest BCUT2D eigenvalue weighted by atomic mass is 15.2. The van der Waals surface area contributed by atoms with Gasteiger partial charge in [-0.1, -0.05) is 13.8 Å². The Balaban J connectivity index is 2.38. The maximum atomic E-state index is 3.52. The van der Waals surface area contributed by atoms with Crippen molar-refractivity contribution in [3.05, 3.63) is 0 Å². The first kappa shape index (κ1) is 12.0. The molecule has 0 aliphatic carbocycles. The molecule has 1 N–H and O–H groups in total. The normalized spacial score (nSPS) is 28.7. The number of nitrogens with zero attached hydrogens (tertiary/aromatic N) is 1. The zero-order valence-corrected chi connectivity index (χ0v) is 10.2. The predicted molar refractivity (Wildman–Crippen MR) is 62.6 cm³/mol. The lowest BCUT2D eigenvalue weighted by Gasteiger charge is -2.38. The minimum atomic E-state index is 0.616. The van der Waals surface area contributed by atoms with Crippen molar-refractivity contribution in [3.63, 3.8) is 0 Å². The Hall–Kier alpha value is -0.0800. The monoisotopic (exact) mass is 198 g/mol. The minimum absolute atomic E-state index is 0.616. The highest BCUT2D eigenvalue weighted by molar-refractivity contribution is 4.81. The first-order valence-corrected chi connectivity index (χ1v) is 6.12. The maximum absolute atomic E-state index is 3.52. The second-order valence-electron chi connectivity index (χ2n) is 4.83. The van der Waals surface area contributed by atoms with E-state index in [4.69, 9.17) is 0 Å². The van der Waals surface area contributed by atoms with Gasteiger partial charge in [0.25, 0.3) is 0 Å². The Bertz CT molecular complexity index is 158. The minimum Gasteiger partial charge on any atom is -0.313 e. The number of likely N-dealkylation sites (tertiary alicyclic amines) is 1. The quantitative estimate of drug-likeness (QED) is 0.744. The van der Waals surface area contributed by atoms with Crippen LogP contribution in [0.3, 0.4) is 0 Å². The molecule has 1 rings (SSSR count). The van der Waals surface area contributed by atoms with Crippen LogP contribution >= 0.6 is 0 Å². The van der Waals surface area contributed by atoms with Crippen molar-refractivity contribution in [3.8, 4) is 0 Å². The van der Waals surface area contributed by atoms with Gasteiger partial charge in [0.05, 0.1) is 0 Å². The molecule has 0 amide bonds. The number of hydrogen-bond acceptors (Lipinski definition) is 2. The van der Waals surface area contributed by atoms with Gasteiger partial charge in [0, 0.05) is 18.6 Å². The van der Waals surface area contributed by atoms with Crippen molar-refractivity contribution in [1.82, 2.24) is 10.2 Å². The molecule has 2 heteroatoms. The van der Waals surface area contributed by atoms with Gasteiger partial charge >= 0.3 is 0 Å². The van der Waals surface area contributed by atoms with Gasteiger partial charge in [-0.25, -0.2) is 0 Å². The first-order valence-electron chi connectivity index (χ1n) is 6.12. The van der Waals surface area contributed by atoms with E-state index in [2.05, 4.69) is 37.9 Å². The van der Waals surface area contributed by atoms with E-state index in [0.717, 1.165) is 12.5 Å². The average Bonchev–Trinajstić information content (AvgIpc) is 2.17. The predicted octanol–water partition coefficient (Wildman–Crippen LogP) is 2.10. The van der Waals surface area contributed by atoms with Crippen LogP contribution in [0.25, 0.3) is 0 Å². The summed E-state index contributed by atoms with van der Waals surface area (Å²) in [5.41, 5.74) is 0. The number of hydrogen-bond donors (Lipinski definition) is 1. The third-order valence-electron chi connectivity index (χ3n) is 3.51. The SMILES string of the molecule is CCNC(C)C(C)N1CCCC(C)C1. The maximum Gasteiger partial charge on any atom is 0.0218 e. The Labute approximate surface area is 89.1 Å². The van der Waals surface area contributed by atoms with Crippen LogP contribution < -0.4 is 5.32 Å². The summed E-state index contributed by atoms with van der Waals surface area (Å²) in [5, 5.41) is 3.52. The fourth-order valence-electron chi connectivity index (χ4n) is 2.40. The molecule has 0 radical (unpaired) electrons. The van der Waals surface area contributed by atoms with E-state index in [1.165, 1.54) is 25.9 Å². The molecule has 0 saturated carbocycles. The van der Waals surface area contributed by atoms with Gasteiger partial charge in [-0.3, -0.25) is 4.90 Å². The van der Waals surface area contributed by atoms with Crippen LogP contribution in [0.15, 0.2) is 0 Å². The molecule has 14 heavy (non-hydrogen) atoms. The summed E-state index contributed by atoms with van der Waals surface area (Å²) < 4.78 is 0. The van der Waals surface area contributed by atoms with E-state index in [-0.39, 0.29) is 0 Å². The lowest BCUT2D eigenvalue weighted by atomic mass is 9.97. The summed E-state index contributed by atoms with van der Waals surface area (Å²) in [6.07, 6.45) is 2.79. The van der Waals surface area contributed by atoms with E-state index in [0.29, 0.717) is 12.1 Å². The highest BCUT2D eigenvalue weighted by Gasteiger charge is 2.23. The molecule has 1 aliphatic rings. The molecule has 2 nitrogen and oxygen atoms in total. The fraction of sp³-hybridized carbons (Fsp3) is 1.00. The summed E-state index contributed by atoms with van der Waals surface area (Å²) >= 11 is 0. The summed E-state index contributed by atoms with van der Waals surface area (Å²) in [7, 11) is 0. The average molecular weight is 198 g/mol. The Morgan fingerprint density at radius 1 is 1.43 bits per heavy atom. The Morgan fingerprint density at radius 3 is 2.71 bits per heavy atom. The molecule has 3 atom stereocenters. The van der Waals surface area contributed by atoms with Crippen LogP contribution in [0, 0.1) is 5.92 Å². The second-order valence-corrected chi connectivity index (χ2v) is 4.83. The van der Waals surface area contributed by atoms with E-state index in [9.17, 15) is 0 Å². The van der Waals surface area contributed by atoms with Gasteiger partial charge in [0.1, 0.15) is 0 Å². The standard InChI is InChI=1S/C12H26N2/c1-5-13-11(3)12(4)14-8-6-7-10(2)9-14/h10-13H,5-9H2,1-4H3. The summed E-state index contributed by atoms with van der Waals surface area (Å²) in [4.78, 5) is 2.64. The lowest BCUT2D eigenvalue weighted by Crippen LogP contribution is -2.50. The molecular formula is C12H26N2. The van der Waals surface area contributed by atoms with Gasteiger partial charge in [-0.15, -0.1) is 0 Å². The summed E-state index contributed by atoms with van der Waals surface area (Å²) in [5.74, 6) is 0.889. The van der Waals surface area contributed by atoms with E-state index in [1.807, 2.05) is 0 Å². The number of nitrogens with one attached hydrogen (secondary N) is 1. The highest BCUT2D eigenvalue weighted by Crippen LogP contribution is 2.18. The van der Waals surface area contributed by atoms with Crippen LogP contribution in [0.1, 0.15) is 40.5 Å². The molecule has 0 spiro atoms. The van der Waals surface area contributed by atoms with Crippen LogP contribution in [0.5, 0.6) is 0 Å². The molecule has 1 heterocycles. The van der Waals surface area contributed by atoms with Gasteiger partial charge < -0.3 is 5.32 Å². The van der Waals surface area contributed by atoms with Crippen molar-refractivity contribution in [2.45, 2.75) is 52.6 Å². The third kappa shape index (κ3) is 3.25. The largest absolute Gasteiger partial charge is 0.313 e. The van der Waals surface area contributed by atoms with Crippen LogP contribution in [-0.2, 0) is 0 Å². The molecule has 0 aromatic rings. The molecular weight excluding hydrogens is 172 g/mol. The second kappa shape index (κ2) is 5.72. The zero-order valence-electron chi connectivity index (χ0n) is 10.2. The van der Waals surface area contributed by atoms with E-state index >= 15 is 0 Å². The Morgan fingerprint density at radius 2 is 2.14 bits per heavy atom. The van der Waals surface area contributed by atoms with Crippen molar-refractivity contribution in [2.24, 2.45) is 5.92 Å². The van der Waals surface area contributed by atoms with Crippen molar-refractivity contribution in [2.75, 3.05) is 19.6 Å². The smallest absolute Gasteiger partial charge is 0.0218 e. The number of rotatable bonds is 4. The fourth-order valence-corrected chi connectivity index (χ4v) is 2.40. The Kier molecular flexibility index (Phi) is 4.90. The lowest BCUT2D eigenvalue weighted by molar-refractivity contribution is 0.118. The molecule has 0 aromatic heterocycles. The van der Waals surface area contributed by atoms with Crippen LogP contribution in [0.4, 0.5) is 0 Å². The molecule has 0 aromatic carbocycles. The molecule has 84 valence electrons. The zero-order chi connectivity index (χ0) is 10.6. The molecule has 1 saturated heterocycles. The van der Waals surface area contributed by atoms with Gasteiger partial charge in [0.15, 0.2) is 0 Å². The van der Waals surface area contributed by atoms with E-state index in [1.54, 1.807) is 0 Å². The van der Waals surface area contributed by atoms with Crippen LogP contribution in [0.2, 0.25) is 0 Å². The number of likely N-dealkylation sites (N-methyl/N-ethyl adjacent to an activating group) is 1. The molecule has 1 aliphatic heterocycles. The van der Waals surface area contributed by atoms with Gasteiger partial charge in [0.2, 0.25) is 0 Å². The summed E-state index contributed by atoms with van der Waals surface area (Å²) in [6.45, 7) is 12.9. The topological polar surface area (TPSA) is 15.3 Å². The van der Waals surface area contributed by atoms with Crippen LogP contribution in [-0.4, -0.2) is 36.6 Å². The van der Waals surface area contributed by atoms with E-state index < -0.39 is 0 Å². The molecule has 3 unspecified atom stereocenters.